The van der Waals surface area contributed by atoms with Crippen molar-refractivity contribution >= 4 is 22.4 Å². The lowest BCUT2D eigenvalue weighted by Crippen LogP contribution is -2.05. The molecule has 1 heterocycles. The van der Waals surface area contributed by atoms with E-state index in [-0.39, 0.29) is 17.9 Å². The van der Waals surface area contributed by atoms with Crippen LogP contribution >= 0.6 is 0 Å². The molecular weight excluding hydrogens is 290 g/mol. The van der Waals surface area contributed by atoms with E-state index >= 15 is 0 Å². The Morgan fingerprint density at radius 2 is 1.82 bits per heavy atom. The van der Waals surface area contributed by atoms with Gasteiger partial charge in [0.05, 0.1) is 33.5 Å². The molecule has 0 fully saturated rings. The minimum absolute atomic E-state index is 0.106. The lowest BCUT2D eigenvalue weighted by atomic mass is 10.1. The van der Waals surface area contributed by atoms with Gasteiger partial charge in [0.15, 0.2) is 0 Å². The highest BCUT2D eigenvalue weighted by Gasteiger charge is 2.20. The first-order valence-electron chi connectivity index (χ1n) is 6.26. The van der Waals surface area contributed by atoms with Crippen LogP contribution in [0, 0.1) is 20.2 Å². The molecule has 0 N–H and O–H groups in total. The average molecular weight is 299 g/mol. The fourth-order valence-electron chi connectivity index (χ4n) is 2.16. The van der Waals surface area contributed by atoms with Gasteiger partial charge in [0.25, 0.3) is 11.4 Å². The normalized spacial score (nSPS) is 10.7. The minimum Gasteiger partial charge on any atom is -0.258 e. The summed E-state index contributed by atoms with van der Waals surface area (Å²) in [6.07, 6.45) is 0. The van der Waals surface area contributed by atoms with Crippen LogP contribution in [0.3, 0.4) is 0 Å². The maximum atomic E-state index is 11.1. The van der Waals surface area contributed by atoms with Gasteiger partial charge in [0.1, 0.15) is 5.52 Å². The van der Waals surface area contributed by atoms with E-state index in [2.05, 4.69) is 10.3 Å². The van der Waals surface area contributed by atoms with Crippen LogP contribution in [-0.4, -0.2) is 24.8 Å². The Morgan fingerprint density at radius 1 is 1.05 bits per heavy atom. The van der Waals surface area contributed by atoms with Crippen LogP contribution in [0.15, 0.2) is 42.5 Å². The maximum absolute atomic E-state index is 11.1. The second-order valence-corrected chi connectivity index (χ2v) is 4.56. The molecular formula is C13H9N5O4. The molecule has 3 rings (SSSR count). The van der Waals surface area contributed by atoms with Gasteiger partial charge in [-0.1, -0.05) is 17.3 Å². The van der Waals surface area contributed by atoms with Crippen LogP contribution < -0.4 is 0 Å². The van der Waals surface area contributed by atoms with Crippen molar-refractivity contribution < 1.29 is 9.85 Å². The first-order chi connectivity index (χ1) is 10.6. The third-order valence-corrected chi connectivity index (χ3v) is 3.22. The summed E-state index contributed by atoms with van der Waals surface area (Å²) in [5.41, 5.74) is 1.10. The van der Waals surface area contributed by atoms with Gasteiger partial charge in [-0.25, -0.2) is 4.68 Å². The molecule has 0 saturated carbocycles. The number of para-hydroxylation sites is 1. The number of non-ortho nitro benzene ring substituents is 1. The molecule has 0 saturated heterocycles. The summed E-state index contributed by atoms with van der Waals surface area (Å²) >= 11 is 0. The lowest BCUT2D eigenvalue weighted by molar-refractivity contribution is -0.394. The van der Waals surface area contributed by atoms with Crippen LogP contribution in [0.4, 0.5) is 11.4 Å². The SMILES string of the molecule is O=[N+]([O-])c1ccc(Cn2nnc3ccccc32)c([N+](=O)[O-])c1. The summed E-state index contributed by atoms with van der Waals surface area (Å²) in [6.45, 7) is 0.106. The summed E-state index contributed by atoms with van der Waals surface area (Å²) in [4.78, 5) is 20.6. The highest BCUT2D eigenvalue weighted by molar-refractivity contribution is 5.74. The Hall–Kier alpha value is -3.36. The summed E-state index contributed by atoms with van der Waals surface area (Å²) < 4.78 is 1.52. The number of aromatic nitrogens is 3. The quantitative estimate of drug-likeness (QED) is 0.539. The Bertz CT molecular complexity index is 889. The Kier molecular flexibility index (Phi) is 3.22. The molecule has 0 aliphatic carbocycles. The third kappa shape index (κ3) is 2.35. The molecule has 1 aromatic heterocycles. The van der Waals surface area contributed by atoms with Crippen molar-refractivity contribution in [3.63, 3.8) is 0 Å². The fourth-order valence-corrected chi connectivity index (χ4v) is 2.16. The molecule has 0 atom stereocenters. The predicted octanol–water partition coefficient (Wildman–Crippen LogP) is 2.30. The van der Waals surface area contributed by atoms with Gasteiger partial charge in [0.2, 0.25) is 0 Å². The van der Waals surface area contributed by atoms with Crippen molar-refractivity contribution in [2.75, 3.05) is 0 Å². The molecule has 0 aliphatic rings. The summed E-state index contributed by atoms with van der Waals surface area (Å²) in [5.74, 6) is 0. The molecule has 0 unspecified atom stereocenters. The fraction of sp³-hybridized carbons (Fsp3) is 0.0769. The smallest absolute Gasteiger partial charge is 0.258 e. The second kappa shape index (κ2) is 5.20. The zero-order valence-electron chi connectivity index (χ0n) is 11.1. The zero-order chi connectivity index (χ0) is 15.7. The van der Waals surface area contributed by atoms with Gasteiger partial charge in [0, 0.05) is 6.07 Å². The van der Waals surface area contributed by atoms with Gasteiger partial charge in [-0.3, -0.25) is 20.2 Å². The van der Waals surface area contributed by atoms with Crippen molar-refractivity contribution in [3.05, 3.63) is 68.3 Å². The molecule has 0 amide bonds. The molecule has 9 heteroatoms. The number of nitrogens with zero attached hydrogens (tertiary/aromatic N) is 5. The molecule has 9 nitrogen and oxygen atoms in total. The van der Waals surface area contributed by atoms with Crippen molar-refractivity contribution in [1.82, 2.24) is 15.0 Å². The van der Waals surface area contributed by atoms with E-state index in [1.54, 1.807) is 12.1 Å². The highest BCUT2D eigenvalue weighted by atomic mass is 16.6. The number of fused-ring (bicyclic) bond motifs is 1. The molecule has 22 heavy (non-hydrogen) atoms. The molecule has 0 aliphatic heterocycles. The Balaban J connectivity index is 2.05. The van der Waals surface area contributed by atoms with Gasteiger partial charge in [-0.05, 0) is 18.2 Å². The van der Waals surface area contributed by atoms with E-state index < -0.39 is 9.85 Å². The number of nitro groups is 2. The largest absolute Gasteiger partial charge is 0.281 e. The molecule has 0 spiro atoms. The number of nitro benzene ring substituents is 2. The molecule has 2 aromatic carbocycles. The summed E-state index contributed by atoms with van der Waals surface area (Å²) in [7, 11) is 0. The molecule has 0 bridgehead atoms. The molecule has 110 valence electrons. The van der Waals surface area contributed by atoms with Crippen molar-refractivity contribution in [2.24, 2.45) is 0 Å². The van der Waals surface area contributed by atoms with Crippen LogP contribution in [-0.2, 0) is 6.54 Å². The van der Waals surface area contributed by atoms with Crippen molar-refractivity contribution in [3.8, 4) is 0 Å². The van der Waals surface area contributed by atoms with E-state index in [1.807, 2.05) is 12.1 Å². The topological polar surface area (TPSA) is 117 Å². The average Bonchev–Trinajstić information content (AvgIpc) is 2.90. The first-order valence-corrected chi connectivity index (χ1v) is 6.26. The summed E-state index contributed by atoms with van der Waals surface area (Å²) in [5, 5.41) is 29.8. The predicted molar refractivity (Wildman–Crippen MR) is 76.4 cm³/mol. The number of hydrogen-bond donors (Lipinski definition) is 0. The third-order valence-electron chi connectivity index (χ3n) is 3.22. The highest BCUT2D eigenvalue weighted by Crippen LogP contribution is 2.26. The van der Waals surface area contributed by atoms with E-state index in [4.69, 9.17) is 0 Å². The molecule has 0 radical (unpaired) electrons. The van der Waals surface area contributed by atoms with Gasteiger partial charge in [-0.2, -0.15) is 0 Å². The van der Waals surface area contributed by atoms with Gasteiger partial charge >= 0.3 is 0 Å². The summed E-state index contributed by atoms with van der Waals surface area (Å²) in [6, 6.07) is 10.8. The molecule has 3 aromatic rings. The monoisotopic (exact) mass is 299 g/mol. The minimum atomic E-state index is -0.665. The number of hydrogen-bond acceptors (Lipinski definition) is 6. The Labute approximate surface area is 123 Å². The number of rotatable bonds is 4. The van der Waals surface area contributed by atoms with E-state index in [1.165, 1.54) is 16.8 Å². The standard InChI is InChI=1S/C13H9N5O4/c19-17(20)10-6-5-9(13(7-10)18(21)22)8-16-12-4-2-1-3-11(12)14-15-16/h1-7H,8H2. The lowest BCUT2D eigenvalue weighted by Gasteiger charge is -2.04. The zero-order valence-corrected chi connectivity index (χ0v) is 11.1. The maximum Gasteiger partial charge on any atom is 0.281 e. The van der Waals surface area contributed by atoms with Gasteiger partial charge in [-0.15, -0.1) is 5.10 Å². The Morgan fingerprint density at radius 3 is 2.55 bits per heavy atom. The van der Waals surface area contributed by atoms with E-state index in [9.17, 15) is 20.2 Å². The van der Waals surface area contributed by atoms with Crippen LogP contribution in [0.5, 0.6) is 0 Å². The van der Waals surface area contributed by atoms with Crippen molar-refractivity contribution in [1.29, 1.82) is 0 Å². The van der Waals surface area contributed by atoms with Gasteiger partial charge < -0.3 is 0 Å². The van der Waals surface area contributed by atoms with Crippen LogP contribution in [0.2, 0.25) is 0 Å². The van der Waals surface area contributed by atoms with Crippen molar-refractivity contribution in [2.45, 2.75) is 6.54 Å². The van der Waals surface area contributed by atoms with E-state index in [0.717, 1.165) is 11.6 Å². The van der Waals surface area contributed by atoms with Crippen LogP contribution in [0.25, 0.3) is 11.0 Å². The second-order valence-electron chi connectivity index (χ2n) is 4.56. The number of benzene rings is 2. The van der Waals surface area contributed by atoms with E-state index in [0.29, 0.717) is 11.1 Å². The van der Waals surface area contributed by atoms with Crippen LogP contribution in [0.1, 0.15) is 5.56 Å². The first kappa shape index (κ1) is 13.6.